The minimum atomic E-state index is 0.356. The third-order valence-corrected chi connectivity index (χ3v) is 7.45. The molecule has 1 spiro atoms. The molecule has 0 unspecified atom stereocenters. The van der Waals surface area contributed by atoms with Gasteiger partial charge in [0.2, 0.25) is 0 Å². The van der Waals surface area contributed by atoms with Gasteiger partial charge < -0.3 is 19.4 Å². The second-order valence-electron chi connectivity index (χ2n) is 10.2. The van der Waals surface area contributed by atoms with Crippen LogP contribution in [0.5, 0.6) is 5.75 Å². The zero-order valence-corrected chi connectivity index (χ0v) is 19.9. The van der Waals surface area contributed by atoms with Gasteiger partial charge in [-0.3, -0.25) is 0 Å². The number of anilines is 3. The molecule has 33 heavy (non-hydrogen) atoms. The smallest absolute Gasteiger partial charge is 0.142 e. The summed E-state index contributed by atoms with van der Waals surface area (Å²) in [5.74, 6) is 3.69. The molecule has 0 bridgehead atoms. The van der Waals surface area contributed by atoms with Crippen LogP contribution in [0.15, 0.2) is 42.5 Å². The lowest BCUT2D eigenvalue weighted by Crippen LogP contribution is -2.72. The van der Waals surface area contributed by atoms with E-state index >= 15 is 0 Å². The van der Waals surface area contributed by atoms with E-state index in [1.807, 2.05) is 12.1 Å². The predicted octanol–water partition coefficient (Wildman–Crippen LogP) is 4.69. The fraction of sp³-hybridized carbons (Fsp3) is 0.481. The van der Waals surface area contributed by atoms with Gasteiger partial charge in [-0.2, -0.15) is 0 Å². The second-order valence-corrected chi connectivity index (χ2v) is 10.2. The van der Waals surface area contributed by atoms with E-state index in [2.05, 4.69) is 59.0 Å². The molecule has 0 N–H and O–H groups in total. The molecule has 3 fully saturated rings. The lowest BCUT2D eigenvalue weighted by molar-refractivity contribution is 0.155. The molecule has 6 heteroatoms. The van der Waals surface area contributed by atoms with Gasteiger partial charge in [0, 0.05) is 62.2 Å². The highest BCUT2D eigenvalue weighted by Gasteiger charge is 2.53. The van der Waals surface area contributed by atoms with Crippen LogP contribution in [0.3, 0.4) is 0 Å². The van der Waals surface area contributed by atoms with Crippen molar-refractivity contribution in [2.75, 3.05) is 61.6 Å². The molecule has 2 aliphatic heterocycles. The van der Waals surface area contributed by atoms with Crippen molar-refractivity contribution in [3.8, 4) is 5.75 Å². The Bertz CT molecular complexity index is 1180. The summed E-state index contributed by atoms with van der Waals surface area (Å²) in [6, 6.07) is 15.0. The number of aromatic nitrogens is 2. The van der Waals surface area contributed by atoms with Gasteiger partial charge in [-0.25, -0.2) is 9.97 Å². The molecular formula is C27H33N5O. The van der Waals surface area contributed by atoms with Crippen molar-refractivity contribution < 1.29 is 4.74 Å². The lowest BCUT2D eigenvalue weighted by Gasteiger charge is -2.61. The molecule has 6 rings (SSSR count). The maximum absolute atomic E-state index is 5.58. The minimum Gasteiger partial charge on any atom is -0.495 e. The maximum Gasteiger partial charge on any atom is 0.142 e. The number of para-hydroxylation sites is 2. The van der Waals surface area contributed by atoms with Crippen LogP contribution >= 0.6 is 0 Å². The van der Waals surface area contributed by atoms with E-state index in [-0.39, 0.29) is 0 Å². The number of methoxy groups -OCH3 is 1. The van der Waals surface area contributed by atoms with Crippen molar-refractivity contribution in [2.45, 2.75) is 32.1 Å². The van der Waals surface area contributed by atoms with E-state index in [1.54, 1.807) is 7.11 Å². The number of rotatable bonds is 7. The Morgan fingerprint density at radius 3 is 2.52 bits per heavy atom. The van der Waals surface area contributed by atoms with Crippen molar-refractivity contribution in [3.63, 3.8) is 0 Å². The molecule has 2 saturated heterocycles. The molecule has 3 aromatic rings. The first kappa shape index (κ1) is 20.6. The third-order valence-electron chi connectivity index (χ3n) is 7.45. The quantitative estimate of drug-likeness (QED) is 0.528. The first-order valence-electron chi connectivity index (χ1n) is 12.2. The summed E-state index contributed by atoms with van der Waals surface area (Å²) in [7, 11) is 3.92. The zero-order chi connectivity index (χ0) is 22.6. The van der Waals surface area contributed by atoms with Gasteiger partial charge in [0.1, 0.15) is 17.4 Å². The largest absolute Gasteiger partial charge is 0.495 e. The van der Waals surface area contributed by atoms with Crippen molar-refractivity contribution in [3.05, 3.63) is 48.3 Å². The molecule has 3 heterocycles. The van der Waals surface area contributed by atoms with E-state index in [9.17, 15) is 0 Å². The van der Waals surface area contributed by atoms with E-state index in [1.165, 1.54) is 29.6 Å². The Hall–Kier alpha value is -3.02. The maximum atomic E-state index is 5.58. The van der Waals surface area contributed by atoms with Crippen LogP contribution in [-0.2, 0) is 0 Å². The number of ether oxygens (including phenoxy) is 1. The Morgan fingerprint density at radius 2 is 1.79 bits per heavy atom. The minimum absolute atomic E-state index is 0.356. The summed E-state index contributed by atoms with van der Waals surface area (Å²) in [5, 5.41) is 1.19. The Balaban J connectivity index is 1.25. The van der Waals surface area contributed by atoms with Crippen LogP contribution in [-0.4, -0.2) is 56.8 Å². The molecular weight excluding hydrogens is 410 g/mol. The monoisotopic (exact) mass is 443 g/mol. The highest BCUT2D eigenvalue weighted by Crippen LogP contribution is 2.47. The first-order valence-corrected chi connectivity index (χ1v) is 12.2. The van der Waals surface area contributed by atoms with Crippen LogP contribution in [0.2, 0.25) is 0 Å². The summed E-state index contributed by atoms with van der Waals surface area (Å²) in [6.07, 6.45) is 3.58. The predicted molar refractivity (Wildman–Crippen MR) is 135 cm³/mol. The van der Waals surface area contributed by atoms with Gasteiger partial charge in [0.25, 0.3) is 0 Å². The lowest BCUT2D eigenvalue weighted by atomic mass is 9.72. The highest BCUT2D eigenvalue weighted by atomic mass is 16.5. The molecule has 1 aliphatic carbocycles. The normalized spacial score (nSPS) is 18.9. The SMILES string of the molecule is CCCN(C)c1ccc2nc(C3CC3)nc(N3CC4(CN(c5ccccc5OC)C4)C3)c2c1. The van der Waals surface area contributed by atoms with Gasteiger partial charge in [0.05, 0.1) is 18.3 Å². The molecule has 3 aliphatic rings. The summed E-state index contributed by atoms with van der Waals surface area (Å²) in [4.78, 5) is 17.3. The molecule has 1 saturated carbocycles. The summed E-state index contributed by atoms with van der Waals surface area (Å²) in [6.45, 7) is 7.54. The molecule has 0 radical (unpaired) electrons. The Morgan fingerprint density at radius 1 is 1.03 bits per heavy atom. The van der Waals surface area contributed by atoms with Crippen molar-refractivity contribution >= 4 is 28.1 Å². The molecule has 6 nitrogen and oxygen atoms in total. The first-order chi connectivity index (χ1) is 16.1. The Kier molecular flexibility index (Phi) is 4.86. The Labute approximate surface area is 196 Å². The summed E-state index contributed by atoms with van der Waals surface area (Å²) in [5.41, 5.74) is 3.89. The summed E-state index contributed by atoms with van der Waals surface area (Å²) >= 11 is 0. The molecule has 172 valence electrons. The van der Waals surface area contributed by atoms with Crippen molar-refractivity contribution in [2.24, 2.45) is 5.41 Å². The van der Waals surface area contributed by atoms with Gasteiger partial charge in [0.15, 0.2) is 0 Å². The van der Waals surface area contributed by atoms with Crippen molar-refractivity contribution in [1.29, 1.82) is 0 Å². The number of nitrogens with zero attached hydrogens (tertiary/aromatic N) is 5. The molecule has 0 amide bonds. The molecule has 2 aromatic carbocycles. The van der Waals surface area contributed by atoms with E-state index in [0.717, 1.165) is 62.1 Å². The highest BCUT2D eigenvalue weighted by molar-refractivity contribution is 5.93. The zero-order valence-electron chi connectivity index (χ0n) is 19.9. The fourth-order valence-corrected chi connectivity index (χ4v) is 5.52. The van der Waals surface area contributed by atoms with Crippen molar-refractivity contribution in [1.82, 2.24) is 9.97 Å². The molecule has 1 aromatic heterocycles. The van der Waals surface area contributed by atoms with Gasteiger partial charge in [-0.15, -0.1) is 0 Å². The number of hydrogen-bond donors (Lipinski definition) is 0. The standard InChI is InChI=1S/C27H33N5O/c1-4-13-30(2)20-11-12-22-21(14-20)26(29-25(28-22)19-9-10-19)32-17-27(18-32)15-31(16-27)23-7-5-6-8-24(23)33-3/h5-8,11-12,14,19H,4,9-10,13,15-18H2,1-3H3. The van der Waals surface area contributed by atoms with Gasteiger partial charge in [-0.05, 0) is 49.6 Å². The topological polar surface area (TPSA) is 44.7 Å². The summed E-state index contributed by atoms with van der Waals surface area (Å²) < 4.78 is 5.58. The van der Waals surface area contributed by atoms with E-state index < -0.39 is 0 Å². The van der Waals surface area contributed by atoms with Crippen LogP contribution in [0.25, 0.3) is 10.9 Å². The number of hydrogen-bond acceptors (Lipinski definition) is 6. The average molecular weight is 444 g/mol. The number of benzene rings is 2. The second kappa shape index (κ2) is 7.79. The van der Waals surface area contributed by atoms with Crippen LogP contribution < -0.4 is 19.4 Å². The van der Waals surface area contributed by atoms with E-state index in [4.69, 9.17) is 14.7 Å². The van der Waals surface area contributed by atoms with E-state index in [0.29, 0.717) is 11.3 Å². The van der Waals surface area contributed by atoms with Crippen LogP contribution in [0.4, 0.5) is 17.2 Å². The third kappa shape index (κ3) is 3.56. The molecule has 0 atom stereocenters. The fourth-order valence-electron chi connectivity index (χ4n) is 5.52. The van der Waals surface area contributed by atoms with Gasteiger partial charge >= 0.3 is 0 Å². The van der Waals surface area contributed by atoms with Gasteiger partial charge in [-0.1, -0.05) is 19.1 Å². The van der Waals surface area contributed by atoms with Crippen LogP contribution in [0.1, 0.15) is 37.9 Å². The average Bonchev–Trinajstić information content (AvgIpc) is 3.62. The number of fused-ring (bicyclic) bond motifs is 1. The van der Waals surface area contributed by atoms with Crippen LogP contribution in [0, 0.1) is 5.41 Å².